The predicted molar refractivity (Wildman–Crippen MR) is 75.7 cm³/mol. The minimum atomic E-state index is 0.417. The lowest BCUT2D eigenvalue weighted by atomic mass is 10.2. The second-order valence-electron chi connectivity index (χ2n) is 4.42. The molecule has 98 valence electrons. The molecule has 0 spiro atoms. The van der Waals surface area contributed by atoms with Crippen molar-refractivity contribution in [3.8, 4) is 5.75 Å². The van der Waals surface area contributed by atoms with E-state index >= 15 is 0 Å². The van der Waals surface area contributed by atoms with Crippen molar-refractivity contribution >= 4 is 22.6 Å². The minimum absolute atomic E-state index is 0.417. The van der Waals surface area contributed by atoms with Crippen LogP contribution in [0.15, 0.2) is 18.2 Å². The fourth-order valence-electron chi connectivity index (χ4n) is 2.24. The van der Waals surface area contributed by atoms with Crippen LogP contribution >= 0.6 is 11.6 Å². The number of hydrogen-bond donors (Lipinski definition) is 0. The number of imidazole rings is 1. The number of methoxy groups -OCH3 is 1. The number of halogens is 1. The number of alkyl halides is 1. The van der Waals surface area contributed by atoms with Crippen molar-refractivity contribution in [1.82, 2.24) is 9.55 Å². The van der Waals surface area contributed by atoms with Crippen molar-refractivity contribution in [1.29, 1.82) is 0 Å². The van der Waals surface area contributed by atoms with Crippen molar-refractivity contribution < 1.29 is 4.74 Å². The van der Waals surface area contributed by atoms with Gasteiger partial charge in [0.2, 0.25) is 0 Å². The zero-order chi connectivity index (χ0) is 13.1. The van der Waals surface area contributed by atoms with Crippen LogP contribution in [0.1, 0.15) is 32.1 Å². The molecule has 3 nitrogen and oxygen atoms in total. The summed E-state index contributed by atoms with van der Waals surface area (Å²) in [4.78, 5) is 4.70. The fraction of sp³-hybridized carbons (Fsp3) is 0.500. The molecule has 2 rings (SSSR count). The number of rotatable bonds is 5. The maximum Gasteiger partial charge on any atom is 0.146 e. The highest BCUT2D eigenvalue weighted by molar-refractivity contribution is 6.17. The molecule has 0 saturated heterocycles. The molecule has 4 heteroatoms. The van der Waals surface area contributed by atoms with Gasteiger partial charge < -0.3 is 9.30 Å². The molecule has 1 heterocycles. The largest absolute Gasteiger partial charge is 0.494 e. The Morgan fingerprint density at radius 2 is 2.22 bits per heavy atom. The van der Waals surface area contributed by atoms with Gasteiger partial charge in [-0.3, -0.25) is 0 Å². The third-order valence-corrected chi connectivity index (χ3v) is 3.51. The predicted octanol–water partition coefficient (Wildman–Crippen LogP) is 3.80. The average molecular weight is 267 g/mol. The summed E-state index contributed by atoms with van der Waals surface area (Å²) in [6.07, 6.45) is 1.85. The molecule has 0 bridgehead atoms. The van der Waals surface area contributed by atoms with Crippen molar-refractivity contribution in [3.05, 3.63) is 24.0 Å². The molecule has 0 aliphatic heterocycles. The van der Waals surface area contributed by atoms with E-state index in [2.05, 4.69) is 24.5 Å². The molecule has 0 N–H and O–H groups in total. The van der Waals surface area contributed by atoms with Crippen molar-refractivity contribution in [2.75, 3.05) is 13.0 Å². The Kier molecular flexibility index (Phi) is 4.12. The Labute approximate surface area is 113 Å². The van der Waals surface area contributed by atoms with Crippen LogP contribution in [0.2, 0.25) is 0 Å². The van der Waals surface area contributed by atoms with Gasteiger partial charge in [-0.1, -0.05) is 13.0 Å². The molecule has 0 amide bonds. The number of nitrogens with zero attached hydrogens (tertiary/aromatic N) is 2. The molecule has 0 aliphatic rings. The van der Waals surface area contributed by atoms with E-state index in [1.54, 1.807) is 7.11 Å². The van der Waals surface area contributed by atoms with Crippen LogP contribution in [0.3, 0.4) is 0 Å². The first-order valence-electron chi connectivity index (χ1n) is 6.32. The van der Waals surface area contributed by atoms with Crippen LogP contribution in [-0.2, 0) is 6.42 Å². The van der Waals surface area contributed by atoms with E-state index in [1.807, 2.05) is 12.1 Å². The molecule has 1 atom stereocenters. The zero-order valence-electron chi connectivity index (χ0n) is 11.1. The first kappa shape index (κ1) is 13.2. The highest BCUT2D eigenvalue weighted by Gasteiger charge is 2.16. The minimum Gasteiger partial charge on any atom is -0.494 e. The summed E-state index contributed by atoms with van der Waals surface area (Å²) < 4.78 is 7.66. The van der Waals surface area contributed by atoms with E-state index in [0.717, 1.165) is 35.4 Å². The number of para-hydroxylation sites is 1. The Morgan fingerprint density at radius 1 is 1.44 bits per heavy atom. The summed E-state index contributed by atoms with van der Waals surface area (Å²) in [5, 5.41) is 0. The van der Waals surface area contributed by atoms with Gasteiger partial charge in [0, 0.05) is 18.3 Å². The summed E-state index contributed by atoms with van der Waals surface area (Å²) in [7, 11) is 1.68. The lowest BCUT2D eigenvalue weighted by Crippen LogP contribution is -2.09. The van der Waals surface area contributed by atoms with Crippen molar-refractivity contribution in [2.45, 2.75) is 32.7 Å². The van der Waals surface area contributed by atoms with Gasteiger partial charge >= 0.3 is 0 Å². The van der Waals surface area contributed by atoms with Crippen molar-refractivity contribution in [3.63, 3.8) is 0 Å². The second-order valence-corrected chi connectivity index (χ2v) is 4.80. The molecule has 0 saturated carbocycles. The number of fused-ring (bicyclic) bond motifs is 1. The van der Waals surface area contributed by atoms with E-state index in [0.29, 0.717) is 11.9 Å². The van der Waals surface area contributed by atoms with Gasteiger partial charge in [0.15, 0.2) is 0 Å². The summed E-state index contributed by atoms with van der Waals surface area (Å²) in [6.45, 7) is 4.39. The standard InChI is InChI=1S/C14H19ClN2O/c1-4-10(2)17-11-6-5-7-12(18-3)14(11)16-13(17)8-9-15/h5-7,10H,4,8-9H2,1-3H3. The number of hydrogen-bond acceptors (Lipinski definition) is 2. The van der Waals surface area contributed by atoms with Gasteiger partial charge in [0.05, 0.1) is 12.6 Å². The monoisotopic (exact) mass is 266 g/mol. The molecule has 1 aromatic heterocycles. The Balaban J connectivity index is 2.67. The van der Waals surface area contributed by atoms with Crippen LogP contribution in [-0.4, -0.2) is 22.5 Å². The molecule has 2 aromatic rings. The Hall–Kier alpha value is -1.22. The van der Waals surface area contributed by atoms with Gasteiger partial charge in [0.1, 0.15) is 17.1 Å². The first-order chi connectivity index (χ1) is 8.72. The van der Waals surface area contributed by atoms with E-state index in [4.69, 9.17) is 21.3 Å². The quantitative estimate of drug-likeness (QED) is 0.770. The van der Waals surface area contributed by atoms with Gasteiger partial charge in [-0.2, -0.15) is 0 Å². The lowest BCUT2D eigenvalue weighted by Gasteiger charge is -2.15. The highest BCUT2D eigenvalue weighted by Crippen LogP contribution is 2.29. The molecular formula is C14H19ClN2O. The SMILES string of the molecule is CCC(C)n1c(CCCl)nc2c(OC)cccc21. The molecule has 0 radical (unpaired) electrons. The number of aryl methyl sites for hydroxylation is 1. The molecule has 0 fully saturated rings. The van der Waals surface area contributed by atoms with E-state index in [9.17, 15) is 0 Å². The van der Waals surface area contributed by atoms with Crippen LogP contribution in [0.4, 0.5) is 0 Å². The van der Waals surface area contributed by atoms with Crippen LogP contribution in [0.25, 0.3) is 11.0 Å². The van der Waals surface area contributed by atoms with Gasteiger partial charge in [-0.05, 0) is 25.5 Å². The van der Waals surface area contributed by atoms with Crippen LogP contribution in [0, 0.1) is 0 Å². The van der Waals surface area contributed by atoms with Crippen molar-refractivity contribution in [2.24, 2.45) is 0 Å². The maximum atomic E-state index is 5.87. The lowest BCUT2D eigenvalue weighted by molar-refractivity contribution is 0.419. The summed E-state index contributed by atoms with van der Waals surface area (Å²) >= 11 is 5.87. The third-order valence-electron chi connectivity index (χ3n) is 3.33. The first-order valence-corrected chi connectivity index (χ1v) is 6.86. The molecule has 1 unspecified atom stereocenters. The van der Waals surface area contributed by atoms with Crippen LogP contribution in [0.5, 0.6) is 5.75 Å². The summed E-state index contributed by atoms with van der Waals surface area (Å²) in [5.74, 6) is 2.45. The highest BCUT2D eigenvalue weighted by atomic mass is 35.5. The smallest absolute Gasteiger partial charge is 0.146 e. The zero-order valence-corrected chi connectivity index (χ0v) is 11.9. The molecule has 18 heavy (non-hydrogen) atoms. The van der Waals surface area contributed by atoms with Crippen LogP contribution < -0.4 is 4.74 Å². The fourth-order valence-corrected chi connectivity index (χ4v) is 2.41. The number of ether oxygens (including phenoxy) is 1. The second kappa shape index (κ2) is 5.61. The molecule has 1 aromatic carbocycles. The maximum absolute atomic E-state index is 5.87. The van der Waals surface area contributed by atoms with Gasteiger partial charge in [0.25, 0.3) is 0 Å². The Morgan fingerprint density at radius 3 is 2.83 bits per heavy atom. The van der Waals surface area contributed by atoms with E-state index in [1.165, 1.54) is 0 Å². The average Bonchev–Trinajstić information content (AvgIpc) is 2.76. The van der Waals surface area contributed by atoms with Gasteiger partial charge in [-0.15, -0.1) is 11.6 Å². The third kappa shape index (κ3) is 2.19. The normalized spacial score (nSPS) is 12.9. The summed E-state index contributed by atoms with van der Waals surface area (Å²) in [6, 6.07) is 6.46. The Bertz CT molecular complexity index is 536. The number of benzene rings is 1. The molecular weight excluding hydrogens is 248 g/mol. The molecule has 0 aliphatic carbocycles. The summed E-state index contributed by atoms with van der Waals surface area (Å²) in [5.41, 5.74) is 2.06. The number of aromatic nitrogens is 2. The van der Waals surface area contributed by atoms with E-state index < -0.39 is 0 Å². The topological polar surface area (TPSA) is 27.1 Å². The van der Waals surface area contributed by atoms with Gasteiger partial charge in [-0.25, -0.2) is 4.98 Å². The van der Waals surface area contributed by atoms with E-state index in [-0.39, 0.29) is 0 Å².